The molecule has 0 atom stereocenters. The van der Waals surface area contributed by atoms with E-state index in [1.54, 1.807) is 12.4 Å². The van der Waals surface area contributed by atoms with Crippen LogP contribution < -0.4 is 0 Å². The highest BCUT2D eigenvalue weighted by Gasteiger charge is 2.24. The molecule has 10 aromatic carbocycles. The predicted octanol–water partition coefficient (Wildman–Crippen LogP) is 27.7. The number of pyridine rings is 7. The molecule has 0 N–H and O–H groups in total. The number of halogens is 4. The van der Waals surface area contributed by atoms with E-state index >= 15 is 0 Å². The predicted molar refractivity (Wildman–Crippen MR) is 529 cm³/mol. The van der Waals surface area contributed by atoms with Gasteiger partial charge in [0.15, 0.2) is 11.6 Å². The first-order valence-electron chi connectivity index (χ1n) is 41.2. The first-order chi connectivity index (χ1) is 63.1. The van der Waals surface area contributed by atoms with Gasteiger partial charge in [-0.25, -0.2) is 54.8 Å². The molecule has 17 nitrogen and oxygen atoms in total. The molecule has 21 heteroatoms. The topological polar surface area (TPSA) is 187 Å². The Morgan fingerprint density at radius 1 is 0.203 bits per heavy atom. The summed E-state index contributed by atoms with van der Waals surface area (Å²) in [6, 6.07) is 122. The first-order valence-corrected chi connectivity index (χ1v) is 44.3. The summed E-state index contributed by atoms with van der Waals surface area (Å²) in [6.45, 7) is 0. The molecule has 14 heterocycles. The van der Waals surface area contributed by atoms with Crippen LogP contribution in [0.5, 0.6) is 0 Å². The lowest BCUT2D eigenvalue weighted by atomic mass is 10.1. The van der Waals surface area contributed by atoms with Gasteiger partial charge in [-0.15, -0.1) is 0 Å². The molecule has 0 amide bonds. The van der Waals surface area contributed by atoms with Gasteiger partial charge in [0.05, 0.1) is 85.2 Å². The normalized spacial score (nSPS) is 11.3. The maximum atomic E-state index is 5.03. The van der Waals surface area contributed by atoms with Crippen molar-refractivity contribution in [2.75, 3.05) is 0 Å². The van der Waals surface area contributed by atoms with Crippen LogP contribution in [-0.2, 0) is 0 Å². The first kappa shape index (κ1) is 79.8. The van der Waals surface area contributed by atoms with Crippen molar-refractivity contribution >= 4 is 151 Å². The average molecular weight is 1910 g/mol. The Kier molecular flexibility index (Phi) is 22.0. The number of nitrogens with zero attached hydrogens (tertiary/aromatic N) is 17. The van der Waals surface area contributed by atoms with Gasteiger partial charge in [-0.05, 0) is 140 Å². The van der Waals surface area contributed by atoms with Gasteiger partial charge in [0.25, 0.3) is 0 Å². The molecular formula is C107H67Br4N17. The van der Waals surface area contributed by atoms with Gasteiger partial charge >= 0.3 is 0 Å². The number of rotatable bonds is 12. The summed E-state index contributed by atoms with van der Waals surface area (Å²) in [5, 5.41) is 8.91. The molecule has 0 saturated heterocycles. The molecule has 0 fully saturated rings. The van der Waals surface area contributed by atoms with Crippen LogP contribution >= 0.6 is 63.7 Å². The maximum Gasteiger partial charge on any atom is 0.237 e. The van der Waals surface area contributed by atoms with Crippen LogP contribution in [0.3, 0.4) is 0 Å². The van der Waals surface area contributed by atoms with Crippen molar-refractivity contribution < 1.29 is 0 Å². The summed E-state index contributed by atoms with van der Waals surface area (Å²) < 4.78 is 12.5. The Morgan fingerprint density at radius 2 is 0.555 bits per heavy atom. The van der Waals surface area contributed by atoms with Gasteiger partial charge in [-0.3, -0.25) is 28.2 Å². The molecule has 608 valence electrons. The Hall–Kier alpha value is -15.4. The second-order valence-electron chi connectivity index (χ2n) is 30.0. The summed E-state index contributed by atoms with van der Waals surface area (Å²) in [7, 11) is 0. The molecule has 0 unspecified atom stereocenters. The third-order valence-electron chi connectivity index (χ3n) is 22.1. The fraction of sp³-hybridized carbons (Fsp3) is 0. The SMILES string of the molecule is Brc1ccc2c3cccnc3n(-c3cc(-c4ccccc4)nc(-c4ccccc4)n3)c2c1.Brc1ccc2c3cccnc3n(-c3cc(-c4ccccn4)nc(-c4ccccn4)c3)c2c1.Brc1ccc2c3cccnc3n(-c3cnc(-c4ccccc4)nc3-c3ccccc3)c2c1.Brc1ccc2c3cccnc3n(-c3nc(-c4ccccc4)cc(-c4ccccc4)n3)c2c1. The van der Waals surface area contributed by atoms with Crippen molar-refractivity contribution in [2.24, 2.45) is 0 Å². The van der Waals surface area contributed by atoms with Gasteiger partial charge in [0.2, 0.25) is 5.95 Å². The molecule has 0 aliphatic rings. The lowest BCUT2D eigenvalue weighted by molar-refractivity contribution is 0.981. The Balaban J connectivity index is 0.000000104. The summed E-state index contributed by atoms with van der Waals surface area (Å²) >= 11 is 14.5. The van der Waals surface area contributed by atoms with Gasteiger partial charge in [0.1, 0.15) is 28.4 Å². The Bertz CT molecular complexity index is 7490. The van der Waals surface area contributed by atoms with E-state index in [1.807, 2.05) is 242 Å². The van der Waals surface area contributed by atoms with Gasteiger partial charge in [-0.2, -0.15) is 0 Å². The van der Waals surface area contributed by atoms with Crippen molar-refractivity contribution in [3.05, 3.63) is 425 Å². The van der Waals surface area contributed by atoms with Crippen LogP contribution in [0.4, 0.5) is 0 Å². The largest absolute Gasteiger partial charge is 0.294 e. The van der Waals surface area contributed by atoms with E-state index in [1.165, 1.54) is 0 Å². The monoisotopic (exact) mass is 1910 g/mol. The Labute approximate surface area is 767 Å². The number of fused-ring (bicyclic) bond motifs is 12. The van der Waals surface area contributed by atoms with Crippen molar-refractivity contribution in [1.29, 1.82) is 0 Å². The number of hydrogen-bond donors (Lipinski definition) is 0. The second-order valence-corrected chi connectivity index (χ2v) is 33.7. The number of aromatic nitrogens is 17. The number of benzene rings is 10. The van der Waals surface area contributed by atoms with Crippen molar-refractivity contribution in [1.82, 2.24) is 83.1 Å². The van der Waals surface area contributed by atoms with E-state index in [0.29, 0.717) is 17.6 Å². The molecular weight excluding hydrogens is 1840 g/mol. The standard InChI is InChI=1S/3C27H17BrN4.C26H16BrN5/c28-20-13-14-21-22-12-7-15-29-26(22)32(25(21)16-20)27-30-23(18-8-3-1-4-9-18)17-24(31-27)19-10-5-2-6-11-19;28-20-13-14-21-22-12-7-15-29-27(22)32(24(21)16-20)25-17-23(18-8-3-1-4-9-18)30-26(31-25)19-10-5-2-6-11-19;28-20-13-14-21-22-12-7-15-29-27(22)32(23(21)16-20)24-17-30-26(19-10-5-2-6-11-19)31-25(24)18-8-3-1-4-9-18;27-17-9-10-19-20-6-5-13-30-26(20)32(25(19)14-17)18-15-23(21-7-1-3-11-28-21)31-24(16-18)22-8-2-4-12-29-22/h3*1-17H;1-16H. The van der Waals surface area contributed by atoms with E-state index in [2.05, 4.69) is 245 Å². The zero-order chi connectivity index (χ0) is 86.0. The lowest BCUT2D eigenvalue weighted by Crippen LogP contribution is -2.04. The van der Waals surface area contributed by atoms with E-state index in [9.17, 15) is 0 Å². The van der Waals surface area contributed by atoms with Gasteiger partial charge < -0.3 is 0 Å². The van der Waals surface area contributed by atoms with E-state index in [4.69, 9.17) is 54.8 Å². The van der Waals surface area contributed by atoms with Gasteiger partial charge in [-0.1, -0.05) is 282 Å². The van der Waals surface area contributed by atoms with Crippen molar-refractivity contribution in [3.8, 4) is 114 Å². The quantitative estimate of drug-likeness (QED) is 0.113. The third-order valence-corrected chi connectivity index (χ3v) is 24.0. The minimum atomic E-state index is 0.599. The molecule has 14 aromatic heterocycles. The minimum absolute atomic E-state index is 0.599. The second kappa shape index (κ2) is 35.3. The highest BCUT2D eigenvalue weighted by Crippen LogP contribution is 2.41. The molecule has 0 spiro atoms. The summed E-state index contributed by atoms with van der Waals surface area (Å²) in [6.07, 6.45) is 12.8. The van der Waals surface area contributed by atoms with E-state index < -0.39 is 0 Å². The van der Waals surface area contributed by atoms with Crippen LogP contribution in [0.25, 0.3) is 201 Å². The molecule has 0 saturated carbocycles. The van der Waals surface area contributed by atoms with Crippen LogP contribution in [0, 0.1) is 0 Å². The average Bonchev–Trinajstić information content (AvgIpc) is 1.60. The van der Waals surface area contributed by atoms with Crippen LogP contribution in [-0.4, -0.2) is 83.1 Å². The van der Waals surface area contributed by atoms with Crippen molar-refractivity contribution in [3.63, 3.8) is 0 Å². The lowest BCUT2D eigenvalue weighted by Gasteiger charge is -2.14. The van der Waals surface area contributed by atoms with E-state index in [0.717, 1.165) is 202 Å². The summed E-state index contributed by atoms with van der Waals surface area (Å²) in [5.41, 5.74) is 22.3. The molecule has 24 aromatic rings. The molecule has 24 rings (SSSR count). The van der Waals surface area contributed by atoms with Crippen LogP contribution in [0.1, 0.15) is 0 Å². The van der Waals surface area contributed by atoms with E-state index in [-0.39, 0.29) is 0 Å². The van der Waals surface area contributed by atoms with Crippen LogP contribution in [0.2, 0.25) is 0 Å². The molecule has 0 bridgehead atoms. The maximum absolute atomic E-state index is 5.03. The smallest absolute Gasteiger partial charge is 0.237 e. The highest BCUT2D eigenvalue weighted by atomic mass is 79.9. The minimum Gasteiger partial charge on any atom is -0.294 e. The Morgan fingerprint density at radius 3 is 0.984 bits per heavy atom. The highest BCUT2D eigenvalue weighted by molar-refractivity contribution is 9.11. The summed E-state index contributed by atoms with van der Waals surface area (Å²) in [5.74, 6) is 2.77. The zero-order valence-corrected chi connectivity index (χ0v) is 74.1. The van der Waals surface area contributed by atoms with Crippen LogP contribution in [0.15, 0.2) is 425 Å². The third kappa shape index (κ3) is 15.8. The molecule has 0 radical (unpaired) electrons. The summed E-state index contributed by atoms with van der Waals surface area (Å²) in [4.78, 5) is 62.5. The van der Waals surface area contributed by atoms with Crippen molar-refractivity contribution in [2.45, 2.75) is 0 Å². The fourth-order valence-corrected chi connectivity index (χ4v) is 17.7. The fourth-order valence-electron chi connectivity index (χ4n) is 16.3. The molecule has 0 aliphatic carbocycles. The van der Waals surface area contributed by atoms with Gasteiger partial charge in [0, 0.05) is 138 Å². The zero-order valence-electron chi connectivity index (χ0n) is 67.8. The molecule has 128 heavy (non-hydrogen) atoms. The molecule has 0 aliphatic heterocycles. The number of hydrogen-bond acceptors (Lipinski definition) is 13.